The first kappa shape index (κ1) is 17.5. The van der Waals surface area contributed by atoms with E-state index in [0.29, 0.717) is 10.9 Å². The zero-order chi connectivity index (χ0) is 18.1. The molecule has 0 unspecified atom stereocenters. The van der Waals surface area contributed by atoms with E-state index in [2.05, 4.69) is 26.1 Å². The van der Waals surface area contributed by atoms with Crippen LogP contribution in [-0.2, 0) is 23.6 Å². The predicted octanol–water partition coefficient (Wildman–Crippen LogP) is 1.19. The Kier molecular flexibility index (Phi) is 4.73. The molecule has 2 heterocycles. The SMILES string of the molecule is Cn1ncc(C2CC2)c1S(=O)(=O)NCc1ccccc1N1CCNCC1. The van der Waals surface area contributed by atoms with Gasteiger partial charge in [0.25, 0.3) is 10.0 Å². The van der Waals surface area contributed by atoms with Crippen LogP contribution in [0.15, 0.2) is 35.5 Å². The van der Waals surface area contributed by atoms with Gasteiger partial charge in [-0.1, -0.05) is 18.2 Å². The Morgan fingerprint density at radius 2 is 1.96 bits per heavy atom. The van der Waals surface area contributed by atoms with Gasteiger partial charge in [0.15, 0.2) is 5.03 Å². The van der Waals surface area contributed by atoms with Crippen LogP contribution in [0.1, 0.15) is 29.9 Å². The third-order valence-corrected chi connectivity index (χ3v) is 6.62. The number of anilines is 1. The summed E-state index contributed by atoms with van der Waals surface area (Å²) in [5.74, 6) is 0.336. The Bertz CT molecular complexity index is 883. The maximum absolute atomic E-state index is 12.9. The van der Waals surface area contributed by atoms with Gasteiger partial charge >= 0.3 is 0 Å². The number of hydrogen-bond acceptors (Lipinski definition) is 5. The summed E-state index contributed by atoms with van der Waals surface area (Å²) in [6.45, 7) is 4.02. The zero-order valence-electron chi connectivity index (χ0n) is 15.0. The van der Waals surface area contributed by atoms with Crippen LogP contribution in [-0.4, -0.2) is 44.4 Å². The number of para-hydroxylation sites is 1. The minimum atomic E-state index is -3.61. The van der Waals surface area contributed by atoms with Crippen molar-refractivity contribution in [3.05, 3.63) is 41.6 Å². The molecule has 2 fully saturated rings. The molecule has 0 bridgehead atoms. The molecule has 1 aromatic carbocycles. The number of sulfonamides is 1. The number of nitrogens with one attached hydrogen (secondary N) is 2. The lowest BCUT2D eigenvalue weighted by Crippen LogP contribution is -2.44. The number of nitrogens with zero attached hydrogens (tertiary/aromatic N) is 3. The Morgan fingerprint density at radius 3 is 2.69 bits per heavy atom. The van der Waals surface area contributed by atoms with Gasteiger partial charge < -0.3 is 10.2 Å². The molecule has 2 aliphatic rings. The Balaban J connectivity index is 1.55. The second kappa shape index (κ2) is 7.02. The standard InChI is InChI=1S/C18H25N5O2S/c1-22-18(16(13-20-22)14-6-7-14)26(24,25)21-12-15-4-2-3-5-17(15)23-10-8-19-9-11-23/h2-5,13-14,19,21H,6-12H2,1H3. The van der Waals surface area contributed by atoms with Gasteiger partial charge in [-0.05, 0) is 30.4 Å². The van der Waals surface area contributed by atoms with Crippen molar-refractivity contribution >= 4 is 15.7 Å². The summed E-state index contributed by atoms with van der Waals surface area (Å²) in [5, 5.41) is 7.82. The molecule has 26 heavy (non-hydrogen) atoms. The molecule has 1 saturated heterocycles. The van der Waals surface area contributed by atoms with Crippen LogP contribution >= 0.6 is 0 Å². The molecule has 8 heteroatoms. The molecule has 0 radical (unpaired) electrons. The Morgan fingerprint density at radius 1 is 1.23 bits per heavy atom. The van der Waals surface area contributed by atoms with Crippen molar-refractivity contribution in [1.82, 2.24) is 19.8 Å². The molecular formula is C18H25N5O2S. The topological polar surface area (TPSA) is 79.3 Å². The van der Waals surface area contributed by atoms with Crippen molar-refractivity contribution in [1.29, 1.82) is 0 Å². The number of hydrogen-bond donors (Lipinski definition) is 2. The molecule has 0 spiro atoms. The van der Waals surface area contributed by atoms with E-state index in [0.717, 1.165) is 55.8 Å². The molecule has 1 aliphatic heterocycles. The summed E-state index contributed by atoms with van der Waals surface area (Å²) >= 11 is 0. The second-order valence-electron chi connectivity index (χ2n) is 6.99. The zero-order valence-corrected chi connectivity index (χ0v) is 15.8. The van der Waals surface area contributed by atoms with Gasteiger partial charge in [0.1, 0.15) is 0 Å². The molecule has 1 aromatic heterocycles. The van der Waals surface area contributed by atoms with Crippen LogP contribution in [0.25, 0.3) is 0 Å². The van der Waals surface area contributed by atoms with Crippen molar-refractivity contribution in [2.24, 2.45) is 7.05 Å². The normalized spacial score (nSPS) is 18.3. The van der Waals surface area contributed by atoms with Gasteiger partial charge in [-0.2, -0.15) is 5.10 Å². The average molecular weight is 375 g/mol. The highest BCUT2D eigenvalue weighted by Gasteiger charge is 2.33. The van der Waals surface area contributed by atoms with Crippen molar-refractivity contribution in [2.45, 2.75) is 30.3 Å². The highest BCUT2D eigenvalue weighted by atomic mass is 32.2. The lowest BCUT2D eigenvalue weighted by molar-refractivity contribution is 0.559. The minimum Gasteiger partial charge on any atom is -0.369 e. The molecule has 1 aliphatic carbocycles. The fourth-order valence-electron chi connectivity index (χ4n) is 3.56. The first-order valence-corrected chi connectivity index (χ1v) is 10.6. The highest BCUT2D eigenvalue weighted by Crippen LogP contribution is 2.42. The van der Waals surface area contributed by atoms with E-state index < -0.39 is 10.0 Å². The van der Waals surface area contributed by atoms with Gasteiger partial charge in [-0.15, -0.1) is 0 Å². The van der Waals surface area contributed by atoms with Gasteiger partial charge in [0.2, 0.25) is 0 Å². The summed E-state index contributed by atoms with van der Waals surface area (Å²) in [5.41, 5.74) is 2.94. The Hall–Kier alpha value is -1.90. The number of aryl methyl sites for hydroxylation is 1. The van der Waals surface area contributed by atoms with E-state index in [1.807, 2.05) is 18.2 Å². The van der Waals surface area contributed by atoms with Crippen molar-refractivity contribution in [2.75, 3.05) is 31.1 Å². The molecule has 4 rings (SSSR count). The molecule has 0 amide bonds. The predicted molar refractivity (Wildman–Crippen MR) is 101 cm³/mol. The summed E-state index contributed by atoms with van der Waals surface area (Å²) in [7, 11) is -1.92. The average Bonchev–Trinajstić information content (AvgIpc) is 3.42. The van der Waals surface area contributed by atoms with E-state index in [1.54, 1.807) is 13.2 Å². The van der Waals surface area contributed by atoms with Crippen LogP contribution in [0.5, 0.6) is 0 Å². The number of aromatic nitrogens is 2. The van der Waals surface area contributed by atoms with Crippen LogP contribution in [0.4, 0.5) is 5.69 Å². The summed E-state index contributed by atoms with van der Waals surface area (Å²) in [4.78, 5) is 2.31. The number of benzene rings is 1. The highest BCUT2D eigenvalue weighted by molar-refractivity contribution is 7.89. The van der Waals surface area contributed by atoms with Gasteiger partial charge in [-0.25, -0.2) is 13.1 Å². The van der Waals surface area contributed by atoms with E-state index in [9.17, 15) is 8.42 Å². The van der Waals surface area contributed by atoms with Crippen LogP contribution in [0, 0.1) is 0 Å². The van der Waals surface area contributed by atoms with E-state index >= 15 is 0 Å². The molecule has 1 saturated carbocycles. The summed E-state index contributed by atoms with van der Waals surface area (Å²) in [6.07, 6.45) is 3.78. The van der Waals surface area contributed by atoms with Gasteiger partial charge in [0, 0.05) is 51.0 Å². The van der Waals surface area contributed by atoms with E-state index in [4.69, 9.17) is 0 Å². The Labute approximate surface area is 154 Å². The largest absolute Gasteiger partial charge is 0.369 e. The summed E-state index contributed by atoms with van der Waals surface area (Å²) in [6, 6.07) is 8.01. The molecular weight excluding hydrogens is 350 g/mol. The third-order valence-electron chi connectivity index (χ3n) is 5.08. The molecule has 140 valence electrons. The third kappa shape index (κ3) is 3.49. The monoisotopic (exact) mass is 375 g/mol. The quantitative estimate of drug-likeness (QED) is 0.793. The lowest BCUT2D eigenvalue weighted by atomic mass is 10.1. The van der Waals surface area contributed by atoms with Crippen molar-refractivity contribution < 1.29 is 8.42 Å². The van der Waals surface area contributed by atoms with E-state index in [-0.39, 0.29) is 6.54 Å². The fraction of sp³-hybridized carbons (Fsp3) is 0.500. The molecule has 0 atom stereocenters. The molecule has 2 N–H and O–H groups in total. The maximum atomic E-state index is 12.9. The maximum Gasteiger partial charge on any atom is 0.258 e. The number of piperazine rings is 1. The lowest BCUT2D eigenvalue weighted by Gasteiger charge is -2.31. The summed E-state index contributed by atoms with van der Waals surface area (Å²) < 4.78 is 30.1. The van der Waals surface area contributed by atoms with Crippen molar-refractivity contribution in [3.8, 4) is 0 Å². The van der Waals surface area contributed by atoms with Crippen LogP contribution in [0.3, 0.4) is 0 Å². The first-order chi connectivity index (χ1) is 12.6. The van der Waals surface area contributed by atoms with Crippen LogP contribution in [0.2, 0.25) is 0 Å². The van der Waals surface area contributed by atoms with E-state index in [1.165, 1.54) is 4.68 Å². The minimum absolute atomic E-state index is 0.276. The second-order valence-corrected chi connectivity index (χ2v) is 8.68. The van der Waals surface area contributed by atoms with Crippen molar-refractivity contribution in [3.63, 3.8) is 0 Å². The van der Waals surface area contributed by atoms with Gasteiger partial charge in [0.05, 0.1) is 6.20 Å². The first-order valence-electron chi connectivity index (χ1n) is 9.11. The fourth-order valence-corrected chi connectivity index (χ4v) is 4.97. The number of rotatable bonds is 6. The van der Waals surface area contributed by atoms with Crippen LogP contribution < -0.4 is 14.9 Å². The van der Waals surface area contributed by atoms with Gasteiger partial charge in [-0.3, -0.25) is 4.68 Å². The smallest absolute Gasteiger partial charge is 0.258 e. The molecule has 7 nitrogen and oxygen atoms in total. The molecule has 2 aromatic rings.